The third-order valence-corrected chi connectivity index (χ3v) is 7.18. The van der Waals surface area contributed by atoms with Gasteiger partial charge in [0.1, 0.15) is 6.61 Å². The van der Waals surface area contributed by atoms with E-state index in [1.165, 1.54) is 11.3 Å². The largest absolute Gasteiger partial charge is 0.481 e. The zero-order valence-electron chi connectivity index (χ0n) is 19.4. The molecule has 0 saturated carbocycles. The van der Waals surface area contributed by atoms with Gasteiger partial charge in [-0.15, -0.1) is 11.3 Å². The molecule has 1 aromatic heterocycles. The van der Waals surface area contributed by atoms with Gasteiger partial charge < -0.3 is 20.5 Å². The first-order chi connectivity index (χ1) is 17.0. The highest BCUT2D eigenvalue weighted by molar-refractivity contribution is 7.10. The number of amides is 2. The Hall–Kier alpha value is -3.65. The van der Waals surface area contributed by atoms with Gasteiger partial charge in [-0.1, -0.05) is 61.5 Å². The summed E-state index contributed by atoms with van der Waals surface area (Å²) in [5.41, 5.74) is 4.57. The van der Waals surface area contributed by atoms with Crippen LogP contribution < -0.4 is 10.6 Å². The molecule has 2 atom stereocenters. The first kappa shape index (κ1) is 24.5. The maximum atomic E-state index is 12.6. The highest BCUT2D eigenvalue weighted by Crippen LogP contribution is 2.44. The Morgan fingerprint density at radius 2 is 1.60 bits per heavy atom. The maximum absolute atomic E-state index is 12.6. The minimum absolute atomic E-state index is 0.0300. The Balaban J connectivity index is 1.33. The average molecular weight is 493 g/mol. The molecular formula is C27H28N2O5S. The molecule has 3 N–H and O–H groups in total. The van der Waals surface area contributed by atoms with E-state index in [2.05, 4.69) is 34.9 Å². The second-order valence-electron chi connectivity index (χ2n) is 8.51. The van der Waals surface area contributed by atoms with Crippen LogP contribution in [0.3, 0.4) is 0 Å². The molecule has 8 heteroatoms. The Morgan fingerprint density at radius 1 is 0.943 bits per heavy atom. The summed E-state index contributed by atoms with van der Waals surface area (Å²) >= 11 is 1.39. The Bertz CT molecular complexity index is 1150. The van der Waals surface area contributed by atoms with Crippen LogP contribution in [0.2, 0.25) is 0 Å². The number of ether oxygens (including phenoxy) is 1. The third-order valence-electron chi connectivity index (χ3n) is 6.19. The third kappa shape index (κ3) is 5.89. The summed E-state index contributed by atoms with van der Waals surface area (Å²) in [7, 11) is 0. The number of benzene rings is 2. The standard InChI is InChI=1S/C27H28N2O5S/c1-2-17(14-25(30)29-23(15-26(31)32)24-12-7-13-35-24)28-27(33)34-16-22-20-10-5-3-8-18(20)19-9-4-6-11-21(19)22/h3-13,17,22-23H,2,14-16H2,1H3,(H,28,33)(H,29,30)(H,31,32). The lowest BCUT2D eigenvalue weighted by Crippen LogP contribution is -2.40. The van der Waals surface area contributed by atoms with Gasteiger partial charge in [-0.25, -0.2) is 4.79 Å². The quantitative estimate of drug-likeness (QED) is 0.366. The van der Waals surface area contributed by atoms with Gasteiger partial charge in [0, 0.05) is 23.3 Å². The molecule has 0 spiro atoms. The topological polar surface area (TPSA) is 105 Å². The van der Waals surface area contributed by atoms with Gasteiger partial charge in [0.15, 0.2) is 0 Å². The van der Waals surface area contributed by atoms with E-state index in [1.807, 2.05) is 42.6 Å². The van der Waals surface area contributed by atoms with E-state index >= 15 is 0 Å². The fourth-order valence-corrected chi connectivity index (χ4v) is 5.25. The van der Waals surface area contributed by atoms with Crippen molar-refractivity contribution in [1.29, 1.82) is 0 Å². The van der Waals surface area contributed by atoms with Crippen LogP contribution in [-0.2, 0) is 14.3 Å². The Kier molecular flexibility index (Phi) is 7.82. The highest BCUT2D eigenvalue weighted by Gasteiger charge is 2.29. The molecule has 0 bridgehead atoms. The van der Waals surface area contributed by atoms with Gasteiger partial charge in [-0.05, 0) is 40.1 Å². The van der Waals surface area contributed by atoms with Gasteiger partial charge in [-0.2, -0.15) is 0 Å². The summed E-state index contributed by atoms with van der Waals surface area (Å²) in [6, 6.07) is 18.8. The number of carboxylic acids is 1. The van der Waals surface area contributed by atoms with Crippen molar-refractivity contribution in [2.24, 2.45) is 0 Å². The number of carbonyl (C=O) groups is 3. The van der Waals surface area contributed by atoms with Crippen molar-refractivity contribution in [2.75, 3.05) is 6.61 Å². The SMILES string of the molecule is CCC(CC(=O)NC(CC(=O)O)c1cccs1)NC(=O)OCC1c2ccccc2-c2ccccc21. The van der Waals surface area contributed by atoms with Crippen molar-refractivity contribution < 1.29 is 24.2 Å². The van der Waals surface area contributed by atoms with E-state index < -0.39 is 24.1 Å². The van der Waals surface area contributed by atoms with Crippen molar-refractivity contribution in [2.45, 2.75) is 44.2 Å². The van der Waals surface area contributed by atoms with E-state index in [4.69, 9.17) is 4.74 Å². The van der Waals surface area contributed by atoms with Crippen molar-refractivity contribution in [3.05, 3.63) is 82.0 Å². The van der Waals surface area contributed by atoms with Crippen LogP contribution >= 0.6 is 11.3 Å². The summed E-state index contributed by atoms with van der Waals surface area (Å²) in [4.78, 5) is 37.2. The zero-order chi connectivity index (χ0) is 24.8. The molecule has 0 saturated heterocycles. The molecule has 1 aliphatic carbocycles. The first-order valence-electron chi connectivity index (χ1n) is 11.6. The molecule has 3 aromatic rings. The molecule has 2 aromatic carbocycles. The van der Waals surface area contributed by atoms with Crippen LogP contribution in [0.1, 0.15) is 54.1 Å². The number of hydrogen-bond donors (Lipinski definition) is 3. The molecule has 182 valence electrons. The fourth-order valence-electron chi connectivity index (χ4n) is 4.47. The number of rotatable bonds is 10. The van der Waals surface area contributed by atoms with Crippen LogP contribution in [0.4, 0.5) is 4.79 Å². The van der Waals surface area contributed by atoms with Crippen molar-refractivity contribution >= 4 is 29.3 Å². The second kappa shape index (κ2) is 11.2. The van der Waals surface area contributed by atoms with Crippen LogP contribution in [0, 0.1) is 0 Å². The number of alkyl carbamates (subject to hydrolysis) is 1. The predicted molar refractivity (Wildman–Crippen MR) is 134 cm³/mol. The Morgan fingerprint density at radius 3 is 2.17 bits per heavy atom. The molecule has 2 amide bonds. The van der Waals surface area contributed by atoms with E-state index in [9.17, 15) is 19.5 Å². The van der Waals surface area contributed by atoms with E-state index in [0.29, 0.717) is 6.42 Å². The molecule has 35 heavy (non-hydrogen) atoms. The minimum Gasteiger partial charge on any atom is -0.481 e. The minimum atomic E-state index is -0.993. The first-order valence-corrected chi connectivity index (χ1v) is 12.5. The number of carbonyl (C=O) groups excluding carboxylic acids is 2. The molecule has 4 rings (SSSR count). The smallest absolute Gasteiger partial charge is 0.407 e. The van der Waals surface area contributed by atoms with Gasteiger partial charge in [0.25, 0.3) is 0 Å². The molecule has 7 nitrogen and oxygen atoms in total. The van der Waals surface area contributed by atoms with Crippen molar-refractivity contribution in [3.8, 4) is 11.1 Å². The normalized spacial score (nSPS) is 13.9. The second-order valence-corrected chi connectivity index (χ2v) is 9.49. The van der Waals surface area contributed by atoms with Crippen LogP contribution in [-0.4, -0.2) is 35.7 Å². The van der Waals surface area contributed by atoms with Crippen LogP contribution in [0.5, 0.6) is 0 Å². The zero-order valence-corrected chi connectivity index (χ0v) is 20.2. The molecule has 2 unspecified atom stereocenters. The van der Waals surface area contributed by atoms with Crippen molar-refractivity contribution in [3.63, 3.8) is 0 Å². The number of fused-ring (bicyclic) bond motifs is 3. The summed E-state index contributed by atoms with van der Waals surface area (Å²) in [6.07, 6.45) is -0.225. The number of aliphatic carboxylic acids is 1. The molecule has 0 radical (unpaired) electrons. The number of hydrogen-bond acceptors (Lipinski definition) is 5. The summed E-state index contributed by atoms with van der Waals surface area (Å²) in [6.45, 7) is 2.07. The molecule has 1 heterocycles. The fraction of sp³-hybridized carbons (Fsp3) is 0.296. The lowest BCUT2D eigenvalue weighted by atomic mass is 9.98. The van der Waals surface area contributed by atoms with E-state index in [0.717, 1.165) is 27.1 Å². The monoisotopic (exact) mass is 492 g/mol. The lowest BCUT2D eigenvalue weighted by Gasteiger charge is -2.20. The maximum Gasteiger partial charge on any atom is 0.407 e. The molecule has 0 aliphatic heterocycles. The van der Waals surface area contributed by atoms with Gasteiger partial charge in [0.05, 0.1) is 12.5 Å². The van der Waals surface area contributed by atoms with E-state index in [-0.39, 0.29) is 31.3 Å². The molecular weight excluding hydrogens is 464 g/mol. The number of nitrogens with one attached hydrogen (secondary N) is 2. The van der Waals surface area contributed by atoms with Crippen LogP contribution in [0.25, 0.3) is 11.1 Å². The predicted octanol–water partition coefficient (Wildman–Crippen LogP) is 5.09. The number of carboxylic acid groups (broad SMARTS) is 1. The van der Waals surface area contributed by atoms with Crippen LogP contribution in [0.15, 0.2) is 66.0 Å². The molecule has 0 fully saturated rings. The summed E-state index contributed by atoms with van der Waals surface area (Å²) in [5, 5.41) is 16.6. The molecule has 1 aliphatic rings. The van der Waals surface area contributed by atoms with Gasteiger partial charge in [0.2, 0.25) is 5.91 Å². The lowest BCUT2D eigenvalue weighted by molar-refractivity contribution is -0.137. The number of thiophene rings is 1. The van der Waals surface area contributed by atoms with E-state index in [1.54, 1.807) is 6.07 Å². The van der Waals surface area contributed by atoms with Gasteiger partial charge in [-0.3, -0.25) is 9.59 Å². The highest BCUT2D eigenvalue weighted by atomic mass is 32.1. The van der Waals surface area contributed by atoms with Gasteiger partial charge >= 0.3 is 12.1 Å². The summed E-state index contributed by atoms with van der Waals surface area (Å²) in [5.74, 6) is -1.36. The average Bonchev–Trinajstić information content (AvgIpc) is 3.49. The van der Waals surface area contributed by atoms with Crippen molar-refractivity contribution in [1.82, 2.24) is 10.6 Å². The summed E-state index contributed by atoms with van der Waals surface area (Å²) < 4.78 is 5.59. The Labute approximate surface area is 208 Å².